The predicted octanol–water partition coefficient (Wildman–Crippen LogP) is 3.76. The molecule has 1 heterocycles. The summed E-state index contributed by atoms with van der Waals surface area (Å²) in [5.74, 6) is -0.456. The zero-order chi connectivity index (χ0) is 13.8. The Bertz CT molecular complexity index is 572. The molecule has 0 aliphatic carbocycles. The maximum atomic E-state index is 13.2. The topological polar surface area (TPSA) is 22.1 Å². The van der Waals surface area contributed by atoms with Crippen LogP contribution in [0.15, 0.2) is 36.5 Å². The van der Waals surface area contributed by atoms with E-state index in [2.05, 4.69) is 4.98 Å². The second-order valence-corrected chi connectivity index (χ2v) is 4.01. The lowest BCUT2D eigenvalue weighted by Gasteiger charge is -2.09. The monoisotopic (exact) mass is 267 g/mol. The standard InChI is InChI=1S/C14H12F3NO/c1-19-14-10(3-2-6-18-14)7-9-4-5-12(15)11(8-9)13(16)17/h2-6,8,13H,7H2,1H3. The summed E-state index contributed by atoms with van der Waals surface area (Å²) in [6, 6.07) is 7.23. The Morgan fingerprint density at radius 3 is 2.74 bits per heavy atom. The van der Waals surface area contributed by atoms with E-state index < -0.39 is 17.8 Å². The highest BCUT2D eigenvalue weighted by Crippen LogP contribution is 2.25. The van der Waals surface area contributed by atoms with Gasteiger partial charge in [0.2, 0.25) is 5.88 Å². The molecule has 1 aromatic heterocycles. The average Bonchev–Trinajstić information content (AvgIpc) is 2.41. The predicted molar refractivity (Wildman–Crippen MR) is 65.0 cm³/mol. The molecule has 0 atom stereocenters. The third-order valence-electron chi connectivity index (χ3n) is 2.73. The van der Waals surface area contributed by atoms with E-state index in [0.29, 0.717) is 17.9 Å². The Hall–Kier alpha value is -2.04. The van der Waals surface area contributed by atoms with Crippen LogP contribution in [-0.2, 0) is 6.42 Å². The minimum Gasteiger partial charge on any atom is -0.481 e. The number of aromatic nitrogens is 1. The largest absolute Gasteiger partial charge is 0.481 e. The second kappa shape index (κ2) is 5.73. The molecule has 2 aromatic rings. The van der Waals surface area contributed by atoms with Crippen molar-refractivity contribution in [3.05, 3.63) is 59.0 Å². The van der Waals surface area contributed by atoms with Crippen LogP contribution >= 0.6 is 0 Å². The summed E-state index contributed by atoms with van der Waals surface area (Å²) >= 11 is 0. The van der Waals surface area contributed by atoms with Crippen molar-refractivity contribution in [2.24, 2.45) is 0 Å². The molecular weight excluding hydrogens is 255 g/mol. The molecule has 0 fully saturated rings. The lowest BCUT2D eigenvalue weighted by atomic mass is 10.0. The molecule has 0 saturated heterocycles. The van der Waals surface area contributed by atoms with Gasteiger partial charge in [-0.15, -0.1) is 0 Å². The van der Waals surface area contributed by atoms with E-state index in [1.807, 2.05) is 0 Å². The average molecular weight is 267 g/mol. The molecule has 0 unspecified atom stereocenters. The summed E-state index contributed by atoms with van der Waals surface area (Å²) in [7, 11) is 1.49. The quantitative estimate of drug-likeness (QED) is 0.841. The number of benzene rings is 1. The number of alkyl halides is 2. The van der Waals surface area contributed by atoms with Gasteiger partial charge in [-0.2, -0.15) is 0 Å². The summed E-state index contributed by atoms with van der Waals surface area (Å²) in [5, 5.41) is 0. The SMILES string of the molecule is COc1ncccc1Cc1ccc(F)c(C(F)F)c1. The van der Waals surface area contributed by atoms with Crippen LogP contribution in [0.2, 0.25) is 0 Å². The van der Waals surface area contributed by atoms with Crippen molar-refractivity contribution in [2.75, 3.05) is 7.11 Å². The van der Waals surface area contributed by atoms with E-state index in [9.17, 15) is 13.2 Å². The molecule has 19 heavy (non-hydrogen) atoms. The van der Waals surface area contributed by atoms with Crippen molar-refractivity contribution in [3.8, 4) is 5.88 Å². The molecule has 0 spiro atoms. The number of hydrogen-bond donors (Lipinski definition) is 0. The Balaban J connectivity index is 2.31. The van der Waals surface area contributed by atoms with E-state index in [0.717, 1.165) is 11.6 Å². The van der Waals surface area contributed by atoms with Crippen molar-refractivity contribution in [1.29, 1.82) is 0 Å². The molecule has 0 saturated carbocycles. The molecule has 1 aromatic carbocycles. The van der Waals surface area contributed by atoms with Gasteiger partial charge in [0.05, 0.1) is 12.7 Å². The minimum absolute atomic E-state index is 0.358. The van der Waals surface area contributed by atoms with Crippen LogP contribution in [0.5, 0.6) is 5.88 Å². The van der Waals surface area contributed by atoms with Gasteiger partial charge < -0.3 is 4.74 Å². The molecule has 0 aliphatic rings. The number of hydrogen-bond acceptors (Lipinski definition) is 2. The van der Waals surface area contributed by atoms with E-state index >= 15 is 0 Å². The molecular formula is C14H12F3NO. The summed E-state index contributed by atoms with van der Waals surface area (Å²) in [4.78, 5) is 4.02. The Labute approximate surface area is 108 Å². The van der Waals surface area contributed by atoms with Gasteiger partial charge in [0.25, 0.3) is 6.43 Å². The molecule has 0 bridgehead atoms. The van der Waals surface area contributed by atoms with Crippen molar-refractivity contribution in [2.45, 2.75) is 12.8 Å². The first-order valence-electron chi connectivity index (χ1n) is 5.66. The van der Waals surface area contributed by atoms with Gasteiger partial charge in [0.15, 0.2) is 0 Å². The van der Waals surface area contributed by atoms with Gasteiger partial charge in [-0.1, -0.05) is 12.1 Å². The molecule has 0 N–H and O–H groups in total. The first kappa shape index (κ1) is 13.4. The molecule has 100 valence electrons. The maximum absolute atomic E-state index is 13.2. The van der Waals surface area contributed by atoms with E-state index in [1.54, 1.807) is 18.3 Å². The fourth-order valence-corrected chi connectivity index (χ4v) is 1.83. The van der Waals surface area contributed by atoms with Crippen LogP contribution in [-0.4, -0.2) is 12.1 Å². The third kappa shape index (κ3) is 3.05. The summed E-state index contributed by atoms with van der Waals surface area (Å²) < 4.78 is 43.5. The minimum atomic E-state index is -2.82. The normalized spacial score (nSPS) is 10.8. The highest BCUT2D eigenvalue weighted by atomic mass is 19.3. The van der Waals surface area contributed by atoms with E-state index in [-0.39, 0.29) is 0 Å². The molecule has 2 rings (SSSR count). The smallest absolute Gasteiger partial charge is 0.266 e. The zero-order valence-corrected chi connectivity index (χ0v) is 10.2. The molecule has 2 nitrogen and oxygen atoms in total. The number of ether oxygens (including phenoxy) is 1. The molecule has 0 radical (unpaired) electrons. The van der Waals surface area contributed by atoms with Crippen LogP contribution in [0, 0.1) is 5.82 Å². The Morgan fingerprint density at radius 1 is 1.26 bits per heavy atom. The maximum Gasteiger partial charge on any atom is 0.266 e. The van der Waals surface area contributed by atoms with Crippen molar-refractivity contribution in [1.82, 2.24) is 4.98 Å². The number of halogens is 3. The van der Waals surface area contributed by atoms with E-state index in [1.165, 1.54) is 19.2 Å². The van der Waals surface area contributed by atoms with Crippen LogP contribution in [0.1, 0.15) is 23.1 Å². The van der Waals surface area contributed by atoms with Crippen LogP contribution in [0.3, 0.4) is 0 Å². The first-order valence-corrected chi connectivity index (χ1v) is 5.66. The highest BCUT2D eigenvalue weighted by molar-refractivity contribution is 5.34. The summed E-state index contributed by atoms with van der Waals surface area (Å²) in [5.41, 5.74) is 0.764. The van der Waals surface area contributed by atoms with Crippen molar-refractivity contribution >= 4 is 0 Å². The number of pyridine rings is 1. The summed E-state index contributed by atoms with van der Waals surface area (Å²) in [6.07, 6.45) is -0.884. The Morgan fingerprint density at radius 2 is 2.05 bits per heavy atom. The van der Waals surface area contributed by atoms with Crippen molar-refractivity contribution in [3.63, 3.8) is 0 Å². The highest BCUT2D eigenvalue weighted by Gasteiger charge is 2.14. The molecule has 5 heteroatoms. The van der Waals surface area contributed by atoms with Gasteiger partial charge in [0.1, 0.15) is 5.82 Å². The molecule has 0 amide bonds. The van der Waals surface area contributed by atoms with Gasteiger partial charge >= 0.3 is 0 Å². The number of methoxy groups -OCH3 is 1. The van der Waals surface area contributed by atoms with E-state index in [4.69, 9.17) is 4.74 Å². The third-order valence-corrected chi connectivity index (χ3v) is 2.73. The Kier molecular flexibility index (Phi) is 4.04. The van der Waals surface area contributed by atoms with Crippen LogP contribution < -0.4 is 4.74 Å². The first-order chi connectivity index (χ1) is 9.11. The fourth-order valence-electron chi connectivity index (χ4n) is 1.83. The van der Waals surface area contributed by atoms with Gasteiger partial charge in [-0.3, -0.25) is 0 Å². The number of nitrogens with zero attached hydrogens (tertiary/aromatic N) is 1. The van der Waals surface area contributed by atoms with Crippen LogP contribution in [0.25, 0.3) is 0 Å². The lowest BCUT2D eigenvalue weighted by molar-refractivity contribution is 0.146. The van der Waals surface area contributed by atoms with Gasteiger partial charge in [-0.05, 0) is 23.8 Å². The lowest BCUT2D eigenvalue weighted by Crippen LogP contribution is -1.98. The summed E-state index contributed by atoms with van der Waals surface area (Å²) in [6.45, 7) is 0. The fraction of sp³-hybridized carbons (Fsp3) is 0.214. The van der Waals surface area contributed by atoms with Gasteiger partial charge in [-0.25, -0.2) is 18.2 Å². The molecule has 0 aliphatic heterocycles. The van der Waals surface area contributed by atoms with Crippen LogP contribution in [0.4, 0.5) is 13.2 Å². The second-order valence-electron chi connectivity index (χ2n) is 4.01. The zero-order valence-electron chi connectivity index (χ0n) is 10.2. The number of rotatable bonds is 4. The van der Waals surface area contributed by atoms with Crippen molar-refractivity contribution < 1.29 is 17.9 Å². The van der Waals surface area contributed by atoms with Gasteiger partial charge in [0, 0.05) is 18.2 Å².